The fraction of sp³-hybridized carbons (Fsp3) is 0.389. The van der Waals surface area contributed by atoms with Gasteiger partial charge >= 0.3 is 0 Å². The van der Waals surface area contributed by atoms with Crippen LogP contribution in [0, 0.1) is 6.92 Å². The summed E-state index contributed by atoms with van der Waals surface area (Å²) in [5.41, 5.74) is 5.73. The predicted octanol–water partition coefficient (Wildman–Crippen LogP) is 5.20. The quantitative estimate of drug-likeness (QED) is 0.189. The van der Waals surface area contributed by atoms with Gasteiger partial charge in [-0.1, -0.05) is 13.0 Å². The molecule has 2 aromatic heterocycles. The molecule has 3 N–H and O–H groups in total. The van der Waals surface area contributed by atoms with Crippen LogP contribution in [0.5, 0.6) is 0 Å². The molecule has 0 saturated carbocycles. The van der Waals surface area contributed by atoms with Crippen molar-refractivity contribution in [2.24, 2.45) is 0 Å². The largest absolute Gasteiger partial charge is 0.379 e. The molecule has 0 spiro atoms. The van der Waals surface area contributed by atoms with Gasteiger partial charge in [0.15, 0.2) is 0 Å². The van der Waals surface area contributed by atoms with E-state index in [4.69, 9.17) is 4.74 Å². The summed E-state index contributed by atoms with van der Waals surface area (Å²) in [5, 5.41) is 9.85. The standard InChI is InChI=1S/C36H44FN9O2/c1-3-44-13-15-46(16-14-44)33-9-7-27(21-28(33)24-37)36(47)42-29-8-6-26(2)31(22-29)43-35-30(5-4-10-39-35)32-23-34(41-25-40-32)38-11-12-45-17-19-48-20-18-45/h4-10,21-23,25H,3,11-20,24H2,1-2H3,(H,39,43)(H,42,47)(H,38,40,41). The topological polar surface area (TPSA) is 111 Å². The minimum atomic E-state index is -0.631. The number of pyridine rings is 1. The van der Waals surface area contributed by atoms with E-state index in [1.807, 2.05) is 49.4 Å². The van der Waals surface area contributed by atoms with Crippen LogP contribution in [0.1, 0.15) is 28.4 Å². The summed E-state index contributed by atoms with van der Waals surface area (Å²) >= 11 is 0. The van der Waals surface area contributed by atoms with Gasteiger partial charge in [-0.3, -0.25) is 9.69 Å². The molecule has 2 aliphatic heterocycles. The molecular weight excluding hydrogens is 609 g/mol. The van der Waals surface area contributed by atoms with Crippen LogP contribution >= 0.6 is 0 Å². The fourth-order valence-electron chi connectivity index (χ4n) is 6.09. The van der Waals surface area contributed by atoms with Crippen LogP contribution in [0.25, 0.3) is 11.3 Å². The lowest BCUT2D eigenvalue weighted by Crippen LogP contribution is -2.46. The molecule has 2 saturated heterocycles. The lowest BCUT2D eigenvalue weighted by Gasteiger charge is -2.36. The number of piperazine rings is 1. The van der Waals surface area contributed by atoms with Gasteiger partial charge in [0.25, 0.3) is 5.91 Å². The molecule has 0 aliphatic carbocycles. The maximum atomic E-state index is 14.2. The second-order valence-electron chi connectivity index (χ2n) is 12.1. The van der Waals surface area contributed by atoms with Crippen molar-refractivity contribution >= 4 is 34.6 Å². The van der Waals surface area contributed by atoms with Crippen LogP contribution < -0.4 is 20.9 Å². The maximum absolute atomic E-state index is 14.2. The summed E-state index contributed by atoms with van der Waals surface area (Å²) in [6, 6.07) is 16.7. The van der Waals surface area contributed by atoms with Gasteiger partial charge in [0, 0.05) is 98.4 Å². The molecule has 0 atom stereocenters. The number of amides is 1. The number of carbonyl (C=O) groups is 1. The number of likely N-dealkylation sites (N-methyl/N-ethyl adjacent to an activating group) is 1. The number of nitrogens with zero attached hydrogens (tertiary/aromatic N) is 6. The van der Waals surface area contributed by atoms with Gasteiger partial charge in [-0.15, -0.1) is 0 Å². The predicted molar refractivity (Wildman–Crippen MR) is 189 cm³/mol. The highest BCUT2D eigenvalue weighted by atomic mass is 19.1. The van der Waals surface area contributed by atoms with Crippen molar-refractivity contribution in [1.82, 2.24) is 24.8 Å². The Morgan fingerprint density at radius 3 is 2.56 bits per heavy atom. The molecule has 2 aliphatic rings. The normalized spacial score (nSPS) is 15.7. The lowest BCUT2D eigenvalue weighted by molar-refractivity contribution is 0.0398. The van der Waals surface area contributed by atoms with E-state index in [-0.39, 0.29) is 5.91 Å². The second-order valence-corrected chi connectivity index (χ2v) is 12.1. The Labute approximate surface area is 281 Å². The first-order valence-corrected chi connectivity index (χ1v) is 16.7. The number of hydrogen-bond donors (Lipinski definition) is 3. The minimum Gasteiger partial charge on any atom is -0.379 e. The minimum absolute atomic E-state index is 0.296. The molecule has 48 heavy (non-hydrogen) atoms. The Bertz CT molecular complexity index is 1690. The summed E-state index contributed by atoms with van der Waals surface area (Å²) in [4.78, 5) is 33.8. The summed E-state index contributed by atoms with van der Waals surface area (Å²) < 4.78 is 19.6. The third-order valence-corrected chi connectivity index (χ3v) is 8.98. The zero-order valence-corrected chi connectivity index (χ0v) is 27.7. The van der Waals surface area contributed by atoms with Gasteiger partial charge in [0.2, 0.25) is 0 Å². The van der Waals surface area contributed by atoms with E-state index in [0.717, 1.165) is 106 Å². The molecule has 12 heteroatoms. The third-order valence-electron chi connectivity index (χ3n) is 8.98. The number of morpholine rings is 1. The van der Waals surface area contributed by atoms with E-state index in [2.05, 4.69) is 52.5 Å². The van der Waals surface area contributed by atoms with Gasteiger partial charge in [0.05, 0.1) is 18.9 Å². The number of hydrogen-bond acceptors (Lipinski definition) is 10. The van der Waals surface area contributed by atoms with Crippen LogP contribution in [0.2, 0.25) is 0 Å². The number of halogens is 1. The number of rotatable bonds is 12. The number of alkyl halides is 1. The number of aromatic nitrogens is 3. The number of nitrogens with one attached hydrogen (secondary N) is 3. The van der Waals surface area contributed by atoms with Crippen LogP contribution in [-0.4, -0.2) is 103 Å². The Kier molecular flexibility index (Phi) is 11.1. The molecule has 2 fully saturated rings. The van der Waals surface area contributed by atoms with Crippen LogP contribution in [0.4, 0.5) is 33.1 Å². The highest BCUT2D eigenvalue weighted by molar-refractivity contribution is 6.05. The summed E-state index contributed by atoms with van der Waals surface area (Å²) in [6.07, 6.45) is 3.28. The van der Waals surface area contributed by atoms with E-state index < -0.39 is 6.67 Å². The average molecular weight is 654 g/mol. The zero-order valence-electron chi connectivity index (χ0n) is 27.7. The molecule has 4 aromatic rings. The molecule has 0 unspecified atom stereocenters. The van der Waals surface area contributed by atoms with Crippen LogP contribution in [0.15, 0.2) is 67.1 Å². The van der Waals surface area contributed by atoms with Crippen LogP contribution in [0.3, 0.4) is 0 Å². The van der Waals surface area contributed by atoms with Gasteiger partial charge in [-0.2, -0.15) is 0 Å². The molecule has 0 radical (unpaired) electrons. The smallest absolute Gasteiger partial charge is 0.255 e. The second kappa shape index (κ2) is 16.0. The summed E-state index contributed by atoms with van der Waals surface area (Å²) in [7, 11) is 0. The van der Waals surface area contributed by atoms with Crippen molar-refractivity contribution in [3.8, 4) is 11.3 Å². The number of benzene rings is 2. The molecule has 2 aromatic carbocycles. The first-order valence-electron chi connectivity index (χ1n) is 16.7. The summed E-state index contributed by atoms with van der Waals surface area (Å²) in [6.45, 7) is 13.2. The molecule has 6 rings (SSSR count). The van der Waals surface area contributed by atoms with E-state index in [1.54, 1.807) is 24.7 Å². The number of anilines is 5. The Balaban J connectivity index is 1.13. The van der Waals surface area contributed by atoms with Crippen molar-refractivity contribution in [2.75, 3.05) is 93.0 Å². The molecule has 11 nitrogen and oxygen atoms in total. The third kappa shape index (κ3) is 8.25. The number of carbonyl (C=O) groups excluding carboxylic acids is 1. The van der Waals surface area contributed by atoms with Crippen molar-refractivity contribution in [1.29, 1.82) is 0 Å². The maximum Gasteiger partial charge on any atom is 0.255 e. The van der Waals surface area contributed by atoms with E-state index >= 15 is 0 Å². The zero-order chi connectivity index (χ0) is 33.3. The monoisotopic (exact) mass is 653 g/mol. The van der Waals surface area contributed by atoms with Gasteiger partial charge < -0.3 is 30.5 Å². The number of aryl methyl sites for hydroxylation is 1. The Hall–Kier alpha value is -4.65. The highest BCUT2D eigenvalue weighted by Gasteiger charge is 2.20. The first kappa shape index (κ1) is 33.3. The van der Waals surface area contributed by atoms with E-state index in [1.165, 1.54) is 0 Å². The average Bonchev–Trinajstić information content (AvgIpc) is 3.13. The van der Waals surface area contributed by atoms with Crippen molar-refractivity contribution in [3.63, 3.8) is 0 Å². The molecule has 4 heterocycles. The fourth-order valence-corrected chi connectivity index (χ4v) is 6.09. The number of ether oxygens (including phenoxy) is 1. The van der Waals surface area contributed by atoms with Crippen molar-refractivity contribution < 1.29 is 13.9 Å². The van der Waals surface area contributed by atoms with Crippen molar-refractivity contribution in [3.05, 3.63) is 83.8 Å². The molecular formula is C36H44FN9O2. The van der Waals surface area contributed by atoms with Gasteiger partial charge in [0.1, 0.15) is 24.6 Å². The van der Waals surface area contributed by atoms with E-state index in [0.29, 0.717) is 22.6 Å². The Morgan fingerprint density at radius 2 is 1.77 bits per heavy atom. The summed E-state index contributed by atoms with van der Waals surface area (Å²) in [5.74, 6) is 1.08. The van der Waals surface area contributed by atoms with Gasteiger partial charge in [-0.25, -0.2) is 19.3 Å². The SMILES string of the molecule is CCN1CCN(c2ccc(C(=O)Nc3ccc(C)c(Nc4ncccc4-c4cc(NCCN5CCOCC5)ncn4)c3)cc2CF)CC1. The molecule has 1 amide bonds. The van der Waals surface area contributed by atoms with E-state index in [9.17, 15) is 9.18 Å². The van der Waals surface area contributed by atoms with Crippen molar-refractivity contribution in [2.45, 2.75) is 20.5 Å². The molecule has 252 valence electrons. The molecule has 0 bridgehead atoms. The Morgan fingerprint density at radius 1 is 0.938 bits per heavy atom. The lowest BCUT2D eigenvalue weighted by atomic mass is 10.1. The van der Waals surface area contributed by atoms with Crippen LogP contribution in [-0.2, 0) is 11.4 Å². The highest BCUT2D eigenvalue weighted by Crippen LogP contribution is 2.31. The van der Waals surface area contributed by atoms with Gasteiger partial charge in [-0.05, 0) is 61.5 Å². The first-order chi connectivity index (χ1) is 23.5.